The van der Waals surface area contributed by atoms with Crippen LogP contribution in [-0.4, -0.2) is 41.9 Å². The number of morpholine rings is 1. The lowest BCUT2D eigenvalue weighted by Crippen LogP contribution is -2.48. The van der Waals surface area contributed by atoms with Crippen LogP contribution in [0.2, 0.25) is 0 Å². The second-order valence-electron chi connectivity index (χ2n) is 4.40. The third kappa shape index (κ3) is 4.65. The largest absolute Gasteiger partial charge is 0.378 e. The number of nitrogens with one attached hydrogen (secondary N) is 2. The van der Waals surface area contributed by atoms with Crippen molar-refractivity contribution in [3.8, 4) is 0 Å². The van der Waals surface area contributed by atoms with Crippen LogP contribution in [0, 0.1) is 0 Å². The Labute approximate surface area is 142 Å². The number of hydrogen-bond acceptors (Lipinski definition) is 7. The molecule has 1 saturated heterocycles. The number of nitrogens with zero attached hydrogens (tertiary/aromatic N) is 2. The van der Waals surface area contributed by atoms with E-state index in [1.165, 1.54) is 11.3 Å². The van der Waals surface area contributed by atoms with Crippen LogP contribution in [0.5, 0.6) is 0 Å². The smallest absolute Gasteiger partial charge is 0.243 e. The summed E-state index contributed by atoms with van der Waals surface area (Å²) in [7, 11) is 0. The van der Waals surface area contributed by atoms with E-state index in [0.29, 0.717) is 19.8 Å². The molecule has 1 atom stereocenters. The molecule has 1 fully saturated rings. The molecule has 2 heterocycles. The lowest BCUT2D eigenvalue weighted by Gasteiger charge is -2.22. The van der Waals surface area contributed by atoms with Crippen LogP contribution in [0.1, 0.15) is 0 Å². The molecule has 118 valence electrons. The third-order valence-electron chi connectivity index (χ3n) is 2.91. The first kappa shape index (κ1) is 17.2. The third-order valence-corrected chi connectivity index (χ3v) is 4.69. The number of anilines is 1. The van der Waals surface area contributed by atoms with Crippen molar-refractivity contribution in [3.63, 3.8) is 0 Å². The zero-order valence-corrected chi connectivity index (χ0v) is 14.0. The summed E-state index contributed by atoms with van der Waals surface area (Å²) in [5, 5.41) is 13.8. The van der Waals surface area contributed by atoms with Gasteiger partial charge in [0, 0.05) is 17.1 Å². The van der Waals surface area contributed by atoms with Gasteiger partial charge in [-0.2, -0.15) is 0 Å². The lowest BCUT2D eigenvalue weighted by molar-refractivity contribution is -0.120. The van der Waals surface area contributed by atoms with Crippen molar-refractivity contribution in [2.24, 2.45) is 0 Å². The summed E-state index contributed by atoms with van der Waals surface area (Å²) < 4.78 is 6.18. The fourth-order valence-corrected chi connectivity index (χ4v) is 3.33. The minimum Gasteiger partial charge on any atom is -0.378 e. The Balaban J connectivity index is 0.00000176. The minimum atomic E-state index is -0.283. The zero-order chi connectivity index (χ0) is 14.5. The highest BCUT2D eigenvalue weighted by molar-refractivity contribution is 8.01. The fraction of sp³-hybridized carbons (Fsp3) is 0.308. The van der Waals surface area contributed by atoms with E-state index in [1.54, 1.807) is 17.3 Å². The molecule has 0 aliphatic carbocycles. The van der Waals surface area contributed by atoms with Gasteiger partial charge in [0.2, 0.25) is 5.91 Å². The highest BCUT2D eigenvalue weighted by Crippen LogP contribution is 2.29. The molecule has 0 bridgehead atoms. The van der Waals surface area contributed by atoms with Gasteiger partial charge in [-0.25, -0.2) is 0 Å². The summed E-state index contributed by atoms with van der Waals surface area (Å²) in [5.41, 5.74) is 2.48. The normalized spacial score (nSPS) is 17.5. The number of rotatable bonds is 4. The number of aromatic nitrogens is 2. The van der Waals surface area contributed by atoms with Gasteiger partial charge in [0.1, 0.15) is 11.6 Å². The summed E-state index contributed by atoms with van der Waals surface area (Å²) >= 11 is 3.05. The lowest BCUT2D eigenvalue weighted by atomic mass is 10.2. The van der Waals surface area contributed by atoms with E-state index in [2.05, 4.69) is 20.8 Å². The second kappa shape index (κ2) is 8.44. The highest BCUT2D eigenvalue weighted by atomic mass is 35.5. The SMILES string of the molecule is Cl.O=C(Nc1ccc(Sc2nncs2)cc1)C1COCCN1. The molecule has 0 radical (unpaired) electrons. The second-order valence-corrected chi connectivity index (χ2v) is 6.56. The van der Waals surface area contributed by atoms with E-state index in [4.69, 9.17) is 4.74 Å². The van der Waals surface area contributed by atoms with Crippen LogP contribution in [0.4, 0.5) is 5.69 Å². The van der Waals surface area contributed by atoms with Crippen molar-refractivity contribution in [1.82, 2.24) is 15.5 Å². The molecule has 2 N–H and O–H groups in total. The molecule has 9 heteroatoms. The Morgan fingerprint density at radius 3 is 2.86 bits per heavy atom. The summed E-state index contributed by atoms with van der Waals surface area (Å²) in [4.78, 5) is 13.1. The molecule has 1 aliphatic heterocycles. The molecule has 1 aromatic carbocycles. The van der Waals surface area contributed by atoms with Crippen molar-refractivity contribution in [3.05, 3.63) is 29.8 Å². The first-order valence-corrected chi connectivity index (χ1v) is 8.17. The predicted octanol–water partition coefficient (Wildman–Crippen LogP) is 2.04. The monoisotopic (exact) mass is 358 g/mol. The molecule has 1 aliphatic rings. The molecular formula is C13H15ClN4O2S2. The van der Waals surface area contributed by atoms with Crippen molar-refractivity contribution < 1.29 is 9.53 Å². The van der Waals surface area contributed by atoms with Crippen LogP contribution in [0.3, 0.4) is 0 Å². The summed E-state index contributed by atoms with van der Waals surface area (Å²) in [6.07, 6.45) is 0. The van der Waals surface area contributed by atoms with Gasteiger partial charge in [0.15, 0.2) is 4.34 Å². The van der Waals surface area contributed by atoms with Gasteiger partial charge in [-0.1, -0.05) is 23.1 Å². The number of amides is 1. The van der Waals surface area contributed by atoms with Gasteiger partial charge in [-0.3, -0.25) is 4.79 Å². The van der Waals surface area contributed by atoms with Gasteiger partial charge in [0.05, 0.1) is 13.2 Å². The average Bonchev–Trinajstić information content (AvgIpc) is 3.03. The summed E-state index contributed by atoms with van der Waals surface area (Å²) in [6.45, 7) is 1.77. The molecule has 3 rings (SSSR count). The number of carbonyl (C=O) groups is 1. The number of benzene rings is 1. The number of carbonyl (C=O) groups excluding carboxylic acids is 1. The number of ether oxygens (including phenoxy) is 1. The molecule has 22 heavy (non-hydrogen) atoms. The van der Waals surface area contributed by atoms with E-state index >= 15 is 0 Å². The van der Waals surface area contributed by atoms with Crippen molar-refractivity contribution >= 4 is 47.1 Å². The van der Waals surface area contributed by atoms with Crippen molar-refractivity contribution in [2.75, 3.05) is 25.1 Å². The van der Waals surface area contributed by atoms with Crippen LogP contribution in [0.25, 0.3) is 0 Å². The quantitative estimate of drug-likeness (QED) is 0.871. The van der Waals surface area contributed by atoms with Gasteiger partial charge < -0.3 is 15.4 Å². The zero-order valence-electron chi connectivity index (χ0n) is 11.5. The Morgan fingerprint density at radius 1 is 1.41 bits per heavy atom. The number of hydrogen-bond donors (Lipinski definition) is 2. The Hall–Kier alpha value is -1.19. The van der Waals surface area contributed by atoms with E-state index in [9.17, 15) is 4.79 Å². The fourth-order valence-electron chi connectivity index (χ4n) is 1.88. The Kier molecular flexibility index (Phi) is 6.59. The first-order chi connectivity index (χ1) is 10.3. The predicted molar refractivity (Wildman–Crippen MR) is 89.0 cm³/mol. The van der Waals surface area contributed by atoms with E-state index < -0.39 is 0 Å². The van der Waals surface area contributed by atoms with Crippen LogP contribution < -0.4 is 10.6 Å². The standard InChI is InChI=1S/C13H14N4O2S2.ClH/c18-12(11-7-19-6-5-14-11)16-9-1-3-10(4-2-9)21-13-17-15-8-20-13;/h1-4,8,11,14H,5-7H2,(H,16,18);1H. The van der Waals surface area contributed by atoms with Crippen molar-refractivity contribution in [1.29, 1.82) is 0 Å². The molecule has 0 spiro atoms. The van der Waals surface area contributed by atoms with Crippen molar-refractivity contribution in [2.45, 2.75) is 15.3 Å². The number of halogens is 1. The molecule has 6 nitrogen and oxygen atoms in total. The molecule has 0 saturated carbocycles. The summed E-state index contributed by atoms with van der Waals surface area (Å²) in [6, 6.07) is 7.38. The first-order valence-electron chi connectivity index (χ1n) is 6.47. The Bertz CT molecular complexity index is 589. The maximum absolute atomic E-state index is 12.0. The average molecular weight is 359 g/mol. The topological polar surface area (TPSA) is 76.1 Å². The van der Waals surface area contributed by atoms with E-state index in [-0.39, 0.29) is 24.4 Å². The van der Waals surface area contributed by atoms with Crippen LogP contribution >= 0.6 is 35.5 Å². The van der Waals surface area contributed by atoms with E-state index in [0.717, 1.165) is 14.9 Å². The van der Waals surface area contributed by atoms with Gasteiger partial charge in [-0.15, -0.1) is 22.6 Å². The maximum atomic E-state index is 12.0. The molecule has 2 aromatic rings. The van der Waals surface area contributed by atoms with Crippen LogP contribution in [-0.2, 0) is 9.53 Å². The Morgan fingerprint density at radius 2 is 2.23 bits per heavy atom. The van der Waals surface area contributed by atoms with Crippen LogP contribution in [0.15, 0.2) is 39.0 Å². The maximum Gasteiger partial charge on any atom is 0.243 e. The van der Waals surface area contributed by atoms with E-state index in [1.807, 2.05) is 24.3 Å². The van der Waals surface area contributed by atoms with Gasteiger partial charge in [0.25, 0.3) is 0 Å². The minimum absolute atomic E-state index is 0. The van der Waals surface area contributed by atoms with Gasteiger partial charge in [-0.05, 0) is 24.3 Å². The van der Waals surface area contributed by atoms with Gasteiger partial charge >= 0.3 is 0 Å². The molecule has 1 aromatic heterocycles. The highest BCUT2D eigenvalue weighted by Gasteiger charge is 2.20. The summed E-state index contributed by atoms with van der Waals surface area (Å²) in [5.74, 6) is -0.0702. The molecule has 1 unspecified atom stereocenters. The molecular weight excluding hydrogens is 344 g/mol. The molecule has 1 amide bonds.